The highest BCUT2D eigenvalue weighted by molar-refractivity contribution is 5.77. The Labute approximate surface area is 150 Å². The zero-order valence-corrected chi connectivity index (χ0v) is 14.5. The second-order valence-corrected chi connectivity index (χ2v) is 5.59. The number of aromatic nitrogens is 4. The van der Waals surface area contributed by atoms with Crippen LogP contribution in [0.25, 0.3) is 5.69 Å². The second-order valence-electron chi connectivity index (χ2n) is 5.59. The van der Waals surface area contributed by atoms with Crippen molar-refractivity contribution in [2.24, 2.45) is 0 Å². The lowest BCUT2D eigenvalue weighted by molar-refractivity contribution is -0.123. The molecular weight excluding hydrogens is 334 g/mol. The van der Waals surface area contributed by atoms with Gasteiger partial charge in [0.15, 0.2) is 12.4 Å². The number of carbonyl (C=O) groups is 1. The minimum Gasteiger partial charge on any atom is -0.497 e. The van der Waals surface area contributed by atoms with Gasteiger partial charge >= 0.3 is 0 Å². The standard InChI is InChI=1S/C18H19N5O3/c1-13-4-3-5-16(10-13)26-12-18(24)19-11-17-20-21-22-23(17)14-6-8-15(25-2)9-7-14/h3-10H,11-12H2,1-2H3,(H,19,24). The van der Waals surface area contributed by atoms with Crippen molar-refractivity contribution in [3.05, 3.63) is 59.9 Å². The number of tetrazole rings is 1. The molecule has 8 nitrogen and oxygen atoms in total. The number of ether oxygens (including phenoxy) is 2. The van der Waals surface area contributed by atoms with E-state index in [1.165, 1.54) is 0 Å². The number of nitrogens with zero attached hydrogens (tertiary/aromatic N) is 4. The third-order valence-corrected chi connectivity index (χ3v) is 3.65. The first-order valence-corrected chi connectivity index (χ1v) is 8.03. The Kier molecular flexibility index (Phi) is 5.43. The van der Waals surface area contributed by atoms with E-state index in [4.69, 9.17) is 9.47 Å². The summed E-state index contributed by atoms with van der Waals surface area (Å²) in [5, 5.41) is 14.3. The number of methoxy groups -OCH3 is 1. The Hall–Kier alpha value is -3.42. The molecule has 0 radical (unpaired) electrons. The molecule has 1 N–H and O–H groups in total. The average Bonchev–Trinajstić information content (AvgIpc) is 3.13. The van der Waals surface area contributed by atoms with Crippen molar-refractivity contribution >= 4 is 5.91 Å². The lowest BCUT2D eigenvalue weighted by atomic mass is 10.2. The summed E-state index contributed by atoms with van der Waals surface area (Å²) in [6, 6.07) is 14.8. The Morgan fingerprint density at radius 1 is 1.15 bits per heavy atom. The fourth-order valence-corrected chi connectivity index (χ4v) is 2.32. The van der Waals surface area contributed by atoms with Crippen molar-refractivity contribution in [1.29, 1.82) is 0 Å². The maximum atomic E-state index is 12.0. The van der Waals surface area contributed by atoms with Crippen LogP contribution in [0.3, 0.4) is 0 Å². The Balaban J connectivity index is 1.56. The van der Waals surface area contributed by atoms with E-state index < -0.39 is 0 Å². The van der Waals surface area contributed by atoms with Gasteiger partial charge in [-0.2, -0.15) is 4.68 Å². The van der Waals surface area contributed by atoms with Crippen LogP contribution in [0, 0.1) is 6.92 Å². The smallest absolute Gasteiger partial charge is 0.258 e. The van der Waals surface area contributed by atoms with E-state index in [1.807, 2.05) is 55.5 Å². The fourth-order valence-electron chi connectivity index (χ4n) is 2.32. The highest BCUT2D eigenvalue weighted by atomic mass is 16.5. The first kappa shape index (κ1) is 17.4. The Bertz CT molecular complexity index is 877. The Morgan fingerprint density at radius 2 is 1.96 bits per heavy atom. The molecule has 0 saturated heterocycles. The third-order valence-electron chi connectivity index (χ3n) is 3.65. The molecule has 3 rings (SSSR count). The van der Waals surface area contributed by atoms with Crippen molar-refractivity contribution in [1.82, 2.24) is 25.5 Å². The zero-order valence-electron chi connectivity index (χ0n) is 14.5. The molecular formula is C18H19N5O3. The van der Waals surface area contributed by atoms with E-state index in [0.29, 0.717) is 11.6 Å². The van der Waals surface area contributed by atoms with E-state index in [0.717, 1.165) is 17.0 Å². The molecule has 0 unspecified atom stereocenters. The monoisotopic (exact) mass is 353 g/mol. The number of aryl methyl sites for hydroxylation is 1. The fraction of sp³-hybridized carbons (Fsp3) is 0.222. The molecule has 0 fully saturated rings. The first-order valence-electron chi connectivity index (χ1n) is 8.03. The molecule has 0 aliphatic rings. The summed E-state index contributed by atoms with van der Waals surface area (Å²) >= 11 is 0. The molecule has 0 aliphatic heterocycles. The molecule has 2 aromatic carbocycles. The van der Waals surface area contributed by atoms with Crippen molar-refractivity contribution < 1.29 is 14.3 Å². The normalized spacial score (nSPS) is 10.4. The summed E-state index contributed by atoms with van der Waals surface area (Å²) in [6.07, 6.45) is 0. The maximum absolute atomic E-state index is 12.0. The molecule has 0 spiro atoms. The lowest BCUT2D eigenvalue weighted by Crippen LogP contribution is -2.29. The van der Waals surface area contributed by atoms with Crippen molar-refractivity contribution in [3.63, 3.8) is 0 Å². The van der Waals surface area contributed by atoms with Crippen LogP contribution < -0.4 is 14.8 Å². The van der Waals surface area contributed by atoms with Gasteiger partial charge in [0.1, 0.15) is 11.5 Å². The average molecular weight is 353 g/mol. The van der Waals surface area contributed by atoms with Gasteiger partial charge in [-0.1, -0.05) is 12.1 Å². The number of amides is 1. The molecule has 3 aromatic rings. The molecule has 1 amide bonds. The lowest BCUT2D eigenvalue weighted by Gasteiger charge is -2.08. The molecule has 134 valence electrons. The van der Waals surface area contributed by atoms with Gasteiger partial charge < -0.3 is 14.8 Å². The summed E-state index contributed by atoms with van der Waals surface area (Å²) in [4.78, 5) is 12.0. The molecule has 0 atom stereocenters. The predicted molar refractivity (Wildman–Crippen MR) is 94.2 cm³/mol. The van der Waals surface area contributed by atoms with E-state index in [1.54, 1.807) is 11.8 Å². The summed E-state index contributed by atoms with van der Waals surface area (Å²) in [6.45, 7) is 2.08. The zero-order chi connectivity index (χ0) is 18.4. The van der Waals surface area contributed by atoms with Gasteiger partial charge in [-0.15, -0.1) is 5.10 Å². The summed E-state index contributed by atoms with van der Waals surface area (Å²) in [5.41, 5.74) is 1.85. The highest BCUT2D eigenvalue weighted by Gasteiger charge is 2.10. The summed E-state index contributed by atoms with van der Waals surface area (Å²) < 4.78 is 12.2. The number of nitrogens with one attached hydrogen (secondary N) is 1. The van der Waals surface area contributed by atoms with Gasteiger partial charge in [0, 0.05) is 0 Å². The number of benzene rings is 2. The van der Waals surface area contributed by atoms with Crippen LogP contribution >= 0.6 is 0 Å². The van der Waals surface area contributed by atoms with Gasteiger partial charge in [0.05, 0.1) is 19.3 Å². The van der Waals surface area contributed by atoms with Gasteiger partial charge in [-0.25, -0.2) is 0 Å². The van der Waals surface area contributed by atoms with E-state index in [2.05, 4.69) is 20.8 Å². The van der Waals surface area contributed by atoms with Crippen molar-refractivity contribution in [2.45, 2.75) is 13.5 Å². The molecule has 1 aromatic heterocycles. The van der Waals surface area contributed by atoms with Crippen LogP contribution in [0.2, 0.25) is 0 Å². The van der Waals surface area contributed by atoms with Gasteiger partial charge in [0.25, 0.3) is 5.91 Å². The van der Waals surface area contributed by atoms with Crippen molar-refractivity contribution in [2.75, 3.05) is 13.7 Å². The molecule has 1 heterocycles. The predicted octanol–water partition coefficient (Wildman–Crippen LogP) is 1.67. The van der Waals surface area contributed by atoms with Crippen molar-refractivity contribution in [3.8, 4) is 17.2 Å². The first-order chi connectivity index (χ1) is 12.7. The van der Waals surface area contributed by atoms with Crippen LogP contribution in [-0.4, -0.2) is 39.8 Å². The quantitative estimate of drug-likeness (QED) is 0.695. The number of rotatable bonds is 7. The number of hydrogen-bond acceptors (Lipinski definition) is 6. The van der Waals surface area contributed by atoms with Crippen LogP contribution in [0.4, 0.5) is 0 Å². The minimum absolute atomic E-state index is 0.0758. The summed E-state index contributed by atoms with van der Waals surface area (Å²) in [7, 11) is 1.60. The SMILES string of the molecule is COc1ccc(-n2nnnc2CNC(=O)COc2cccc(C)c2)cc1. The van der Waals surface area contributed by atoms with E-state index >= 15 is 0 Å². The van der Waals surface area contributed by atoms with Gasteiger partial charge in [-0.05, 0) is 59.3 Å². The highest BCUT2D eigenvalue weighted by Crippen LogP contribution is 2.15. The number of carbonyl (C=O) groups excluding carboxylic acids is 1. The molecule has 0 saturated carbocycles. The van der Waals surface area contributed by atoms with E-state index in [9.17, 15) is 4.79 Å². The number of hydrogen-bond donors (Lipinski definition) is 1. The second kappa shape index (κ2) is 8.11. The van der Waals surface area contributed by atoms with Crippen LogP contribution in [0.1, 0.15) is 11.4 Å². The van der Waals surface area contributed by atoms with E-state index in [-0.39, 0.29) is 19.1 Å². The Morgan fingerprint density at radius 3 is 2.69 bits per heavy atom. The minimum atomic E-state index is -0.254. The topological polar surface area (TPSA) is 91.2 Å². The largest absolute Gasteiger partial charge is 0.497 e. The van der Waals surface area contributed by atoms with Crippen LogP contribution in [0.15, 0.2) is 48.5 Å². The molecule has 0 aliphatic carbocycles. The van der Waals surface area contributed by atoms with Gasteiger partial charge in [-0.3, -0.25) is 4.79 Å². The van der Waals surface area contributed by atoms with Crippen LogP contribution in [0.5, 0.6) is 11.5 Å². The molecule has 26 heavy (non-hydrogen) atoms. The molecule has 0 bridgehead atoms. The maximum Gasteiger partial charge on any atom is 0.258 e. The summed E-state index contributed by atoms with van der Waals surface area (Å²) in [5.74, 6) is 1.66. The van der Waals surface area contributed by atoms with Gasteiger partial charge in [0.2, 0.25) is 0 Å². The third kappa shape index (κ3) is 4.35. The van der Waals surface area contributed by atoms with Crippen LogP contribution in [-0.2, 0) is 11.3 Å². The molecule has 8 heteroatoms.